The maximum absolute atomic E-state index is 12.0. The van der Waals surface area contributed by atoms with Crippen molar-refractivity contribution in [1.82, 2.24) is 5.09 Å². The van der Waals surface area contributed by atoms with Gasteiger partial charge in [0.1, 0.15) is 5.75 Å². The van der Waals surface area contributed by atoms with Crippen molar-refractivity contribution in [2.24, 2.45) is 0 Å². The third-order valence-corrected chi connectivity index (χ3v) is 4.10. The zero-order chi connectivity index (χ0) is 13.5. The van der Waals surface area contributed by atoms with Gasteiger partial charge in [0, 0.05) is 5.25 Å². The van der Waals surface area contributed by atoms with E-state index >= 15 is 0 Å². The first-order chi connectivity index (χ1) is 8.54. The summed E-state index contributed by atoms with van der Waals surface area (Å²) in [7, 11) is -1.87. The third-order valence-electron chi connectivity index (χ3n) is 1.83. The molecule has 0 radical (unpaired) electrons. The molecule has 1 aromatic carbocycles. The number of hydrogen-bond acceptors (Lipinski definition) is 5. The highest BCUT2D eigenvalue weighted by Gasteiger charge is 2.14. The number of nitrogens with one attached hydrogen (secondary N) is 1. The summed E-state index contributed by atoms with van der Waals surface area (Å²) in [6, 6.07) is 6.90. The van der Waals surface area contributed by atoms with Crippen molar-refractivity contribution >= 4 is 42.2 Å². The van der Waals surface area contributed by atoms with Crippen LogP contribution < -0.4 is 9.61 Å². The predicted octanol–water partition coefficient (Wildman–Crippen LogP) is 2.60. The second-order valence-electron chi connectivity index (χ2n) is 3.60. The van der Waals surface area contributed by atoms with E-state index in [0.29, 0.717) is 17.7 Å². The van der Waals surface area contributed by atoms with Gasteiger partial charge in [-0.05, 0) is 23.9 Å². The number of thioether (sulfide) groups is 1. The molecule has 98 valence electrons. The van der Waals surface area contributed by atoms with E-state index in [1.54, 1.807) is 24.3 Å². The molecule has 0 aromatic heterocycles. The Kier molecular flexibility index (Phi) is 6.39. The fourth-order valence-corrected chi connectivity index (χ4v) is 2.85. The number of carbonyl (C=O) groups is 2. The third kappa shape index (κ3) is 4.80. The van der Waals surface area contributed by atoms with Gasteiger partial charge in [-0.3, -0.25) is 9.59 Å². The van der Waals surface area contributed by atoms with Crippen LogP contribution in [-0.4, -0.2) is 16.8 Å². The molecule has 0 fully saturated rings. The quantitative estimate of drug-likeness (QED) is 0.646. The van der Waals surface area contributed by atoms with Gasteiger partial charge in [-0.2, -0.15) is 0 Å². The molecule has 0 saturated carbocycles. The monoisotopic (exact) mass is 303 g/mol. The maximum Gasteiger partial charge on any atom is 0.223 e. The van der Waals surface area contributed by atoms with Crippen molar-refractivity contribution in [2.75, 3.05) is 0 Å². The van der Waals surface area contributed by atoms with Gasteiger partial charge in [0.2, 0.25) is 11.5 Å². The first kappa shape index (κ1) is 15.2. The Labute approximate surface area is 116 Å². The number of benzene rings is 1. The molecule has 0 spiro atoms. The number of carbonyl (C=O) groups excluding carboxylic acids is 2. The average Bonchev–Trinajstić information content (AvgIpc) is 2.28. The molecule has 7 heteroatoms. The highest BCUT2D eigenvalue weighted by atomic mass is 32.4. The number of para-hydroxylation sites is 1. The maximum atomic E-state index is 12.0. The molecule has 1 aromatic rings. The summed E-state index contributed by atoms with van der Waals surface area (Å²) in [6.45, 7) is 3.89. The van der Waals surface area contributed by atoms with Crippen molar-refractivity contribution in [3.05, 3.63) is 29.8 Å². The summed E-state index contributed by atoms with van der Waals surface area (Å²) in [5, 5.41) is 2.54. The van der Waals surface area contributed by atoms with E-state index < -0.39 is 7.07 Å². The highest BCUT2D eigenvalue weighted by Crippen LogP contribution is 2.30. The summed E-state index contributed by atoms with van der Waals surface area (Å²) in [4.78, 5) is 22.3. The van der Waals surface area contributed by atoms with Crippen LogP contribution in [-0.2, 0) is 16.6 Å². The van der Waals surface area contributed by atoms with Gasteiger partial charge in [-0.1, -0.05) is 37.7 Å². The van der Waals surface area contributed by atoms with Crippen molar-refractivity contribution in [1.29, 1.82) is 0 Å². The lowest BCUT2D eigenvalue weighted by atomic mass is 10.2. The van der Waals surface area contributed by atoms with Crippen LogP contribution in [0.15, 0.2) is 24.3 Å². The first-order valence-electron chi connectivity index (χ1n) is 5.26. The molecule has 1 N–H and O–H groups in total. The van der Waals surface area contributed by atoms with E-state index in [4.69, 9.17) is 16.3 Å². The van der Waals surface area contributed by atoms with Crippen LogP contribution in [0.25, 0.3) is 0 Å². The molecule has 0 aliphatic rings. The zero-order valence-corrected chi connectivity index (χ0v) is 12.6. The Morgan fingerprint density at radius 2 is 2.17 bits per heavy atom. The molecule has 0 saturated heterocycles. The van der Waals surface area contributed by atoms with Crippen LogP contribution in [0.3, 0.4) is 0 Å². The van der Waals surface area contributed by atoms with Crippen LogP contribution in [0, 0.1) is 0 Å². The SMILES string of the molecule is CC(C)SC(=O)c1ccccc1O[PH](=S)NC=O. The van der Waals surface area contributed by atoms with Gasteiger partial charge in [0.25, 0.3) is 0 Å². The van der Waals surface area contributed by atoms with Crippen LogP contribution in [0.4, 0.5) is 0 Å². The first-order valence-corrected chi connectivity index (χ1v) is 8.68. The standard InChI is InChI=1S/C11H14NO3PS2/c1-8(2)18-11(14)9-5-3-4-6-10(9)15-16(17)12-7-13/h3-8,16H,1-2H3,(H,12,13,17). The molecule has 1 atom stereocenters. The second kappa shape index (κ2) is 7.56. The minimum atomic E-state index is -1.87. The van der Waals surface area contributed by atoms with Gasteiger partial charge < -0.3 is 9.61 Å². The van der Waals surface area contributed by atoms with E-state index in [9.17, 15) is 9.59 Å². The number of hydrogen-bond donors (Lipinski definition) is 1. The van der Waals surface area contributed by atoms with E-state index in [2.05, 4.69) is 5.09 Å². The summed E-state index contributed by atoms with van der Waals surface area (Å²) in [6.07, 6.45) is 0.509. The van der Waals surface area contributed by atoms with Gasteiger partial charge in [-0.25, -0.2) is 0 Å². The van der Waals surface area contributed by atoms with E-state index in [1.807, 2.05) is 13.8 Å². The summed E-state index contributed by atoms with van der Waals surface area (Å²) < 4.78 is 5.43. The second-order valence-corrected chi connectivity index (χ2v) is 7.33. The lowest BCUT2D eigenvalue weighted by Crippen LogP contribution is -2.05. The smallest absolute Gasteiger partial charge is 0.223 e. The summed E-state index contributed by atoms with van der Waals surface area (Å²) >= 11 is 6.20. The lowest BCUT2D eigenvalue weighted by Gasteiger charge is -2.11. The van der Waals surface area contributed by atoms with Gasteiger partial charge in [-0.15, -0.1) is 0 Å². The minimum Gasteiger partial charge on any atom is -0.450 e. The molecule has 1 unspecified atom stereocenters. The molecule has 4 nitrogen and oxygen atoms in total. The Morgan fingerprint density at radius 1 is 1.50 bits per heavy atom. The van der Waals surface area contributed by atoms with Crippen LogP contribution in [0.5, 0.6) is 5.75 Å². The molecular weight excluding hydrogens is 289 g/mol. The van der Waals surface area contributed by atoms with E-state index in [0.717, 1.165) is 0 Å². The lowest BCUT2D eigenvalue weighted by molar-refractivity contribution is -0.108. The Bertz CT molecular complexity index is 465. The Balaban J connectivity index is 2.88. The summed E-state index contributed by atoms with van der Waals surface area (Å²) in [5.41, 5.74) is 0.483. The average molecular weight is 303 g/mol. The van der Waals surface area contributed by atoms with Crippen LogP contribution >= 0.6 is 18.8 Å². The molecule has 0 heterocycles. The highest BCUT2D eigenvalue weighted by molar-refractivity contribution is 8.14. The Morgan fingerprint density at radius 3 is 2.78 bits per heavy atom. The zero-order valence-electron chi connectivity index (χ0n) is 10.0. The van der Waals surface area contributed by atoms with Gasteiger partial charge in [0.15, 0.2) is 7.07 Å². The molecule has 0 bridgehead atoms. The van der Waals surface area contributed by atoms with E-state index in [1.165, 1.54) is 11.8 Å². The van der Waals surface area contributed by atoms with Crippen molar-refractivity contribution in [3.8, 4) is 5.75 Å². The predicted molar refractivity (Wildman–Crippen MR) is 79.0 cm³/mol. The normalized spacial score (nSPS) is 11.9. The molecule has 1 rings (SSSR count). The largest absolute Gasteiger partial charge is 0.450 e. The van der Waals surface area contributed by atoms with Crippen molar-refractivity contribution in [3.63, 3.8) is 0 Å². The van der Waals surface area contributed by atoms with Gasteiger partial charge in [0.05, 0.1) is 5.56 Å². The molecule has 0 aliphatic heterocycles. The summed E-state index contributed by atoms with van der Waals surface area (Å²) in [5.74, 6) is 0.425. The van der Waals surface area contributed by atoms with Crippen molar-refractivity contribution in [2.45, 2.75) is 19.1 Å². The molecular formula is C11H14NO3PS2. The molecule has 0 aliphatic carbocycles. The van der Waals surface area contributed by atoms with E-state index in [-0.39, 0.29) is 10.4 Å². The Hall–Kier alpha value is -0.840. The van der Waals surface area contributed by atoms with Crippen molar-refractivity contribution < 1.29 is 14.1 Å². The minimum absolute atomic E-state index is 0.0588. The molecule has 1 amide bonds. The fourth-order valence-electron chi connectivity index (χ4n) is 1.18. The molecule has 18 heavy (non-hydrogen) atoms. The van der Waals surface area contributed by atoms with Crippen LogP contribution in [0.1, 0.15) is 24.2 Å². The van der Waals surface area contributed by atoms with Gasteiger partial charge >= 0.3 is 0 Å². The fraction of sp³-hybridized carbons (Fsp3) is 0.273. The number of amides is 1. The van der Waals surface area contributed by atoms with Crippen LogP contribution in [0.2, 0.25) is 0 Å². The number of rotatable bonds is 6. The topological polar surface area (TPSA) is 55.4 Å².